The third-order valence-corrected chi connectivity index (χ3v) is 3.56. The van der Waals surface area contributed by atoms with Crippen molar-refractivity contribution in [3.63, 3.8) is 0 Å². The van der Waals surface area contributed by atoms with E-state index >= 15 is 0 Å². The van der Waals surface area contributed by atoms with Crippen LogP contribution in [0, 0.1) is 11.6 Å². The van der Waals surface area contributed by atoms with Crippen LogP contribution in [0.2, 0.25) is 0 Å². The van der Waals surface area contributed by atoms with Gasteiger partial charge in [-0.25, -0.2) is 21.9 Å². The number of alkyl halides is 3. The van der Waals surface area contributed by atoms with Crippen molar-refractivity contribution in [3.05, 3.63) is 23.8 Å². The van der Waals surface area contributed by atoms with E-state index in [0.717, 1.165) is 0 Å². The zero-order valence-corrected chi connectivity index (χ0v) is 10.1. The van der Waals surface area contributed by atoms with Crippen LogP contribution in [0.15, 0.2) is 17.0 Å². The number of nitrogens with one attached hydrogen (secondary N) is 1. The summed E-state index contributed by atoms with van der Waals surface area (Å²) in [6.45, 7) is -0.956. The molecule has 0 aliphatic rings. The Hall–Kier alpha value is -1.42. The Kier molecular flexibility index (Phi) is 4.35. The standard InChI is InChI=1S/C9H9F5N2O2S/c10-5-1-2-6(7(11)8(5)15)19(17,18)16-4-3-9(12,13)14/h1-2,16H,3-4,15H2. The quantitative estimate of drug-likeness (QED) is 0.658. The highest BCUT2D eigenvalue weighted by Gasteiger charge is 2.28. The van der Waals surface area contributed by atoms with Gasteiger partial charge in [-0.3, -0.25) is 0 Å². The van der Waals surface area contributed by atoms with Crippen LogP contribution in [0.5, 0.6) is 0 Å². The van der Waals surface area contributed by atoms with Crippen molar-refractivity contribution in [1.82, 2.24) is 4.72 Å². The number of halogens is 5. The maximum Gasteiger partial charge on any atom is 0.390 e. The van der Waals surface area contributed by atoms with E-state index in [1.165, 1.54) is 0 Å². The van der Waals surface area contributed by atoms with Crippen LogP contribution in [-0.2, 0) is 10.0 Å². The van der Waals surface area contributed by atoms with Gasteiger partial charge >= 0.3 is 6.18 Å². The SMILES string of the molecule is Nc1c(F)ccc(S(=O)(=O)NCCC(F)(F)F)c1F. The van der Waals surface area contributed by atoms with Crippen molar-refractivity contribution < 1.29 is 30.4 Å². The van der Waals surface area contributed by atoms with Crippen molar-refractivity contribution >= 4 is 15.7 Å². The molecule has 0 amide bonds. The predicted octanol–water partition coefficient (Wildman–Crippen LogP) is 1.78. The number of hydrogen-bond acceptors (Lipinski definition) is 3. The summed E-state index contributed by atoms with van der Waals surface area (Å²) < 4.78 is 86.4. The number of rotatable bonds is 4. The summed E-state index contributed by atoms with van der Waals surface area (Å²) >= 11 is 0. The molecule has 0 heterocycles. The second kappa shape index (κ2) is 5.29. The highest BCUT2D eigenvalue weighted by atomic mass is 32.2. The Morgan fingerprint density at radius 2 is 1.79 bits per heavy atom. The second-order valence-electron chi connectivity index (χ2n) is 3.54. The van der Waals surface area contributed by atoms with Gasteiger partial charge in [-0.15, -0.1) is 0 Å². The molecule has 0 unspecified atom stereocenters. The first kappa shape index (κ1) is 15.6. The summed E-state index contributed by atoms with van der Waals surface area (Å²) in [4.78, 5) is -1.01. The van der Waals surface area contributed by atoms with Crippen LogP contribution in [-0.4, -0.2) is 21.1 Å². The monoisotopic (exact) mass is 304 g/mol. The van der Waals surface area contributed by atoms with Crippen LogP contribution >= 0.6 is 0 Å². The molecular weight excluding hydrogens is 295 g/mol. The minimum Gasteiger partial charge on any atom is -0.394 e. The lowest BCUT2D eigenvalue weighted by Gasteiger charge is -2.10. The number of nitrogens with two attached hydrogens (primary N) is 1. The predicted molar refractivity (Wildman–Crippen MR) is 56.6 cm³/mol. The fourth-order valence-electron chi connectivity index (χ4n) is 1.16. The maximum absolute atomic E-state index is 13.4. The topological polar surface area (TPSA) is 72.2 Å². The molecule has 1 aromatic rings. The van der Waals surface area contributed by atoms with Crippen molar-refractivity contribution in [2.24, 2.45) is 0 Å². The lowest BCUT2D eigenvalue weighted by atomic mass is 10.3. The summed E-state index contributed by atoms with van der Waals surface area (Å²) in [6, 6.07) is 1.19. The van der Waals surface area contributed by atoms with E-state index in [0.29, 0.717) is 12.1 Å². The Bertz CT molecular complexity index is 571. The summed E-state index contributed by atoms with van der Waals surface area (Å²) in [6.07, 6.45) is -5.96. The van der Waals surface area contributed by atoms with Gasteiger partial charge in [0, 0.05) is 6.54 Å². The Morgan fingerprint density at radius 3 is 2.32 bits per heavy atom. The highest BCUT2D eigenvalue weighted by Crippen LogP contribution is 2.23. The molecule has 0 spiro atoms. The van der Waals surface area contributed by atoms with Crippen LogP contribution in [0.3, 0.4) is 0 Å². The van der Waals surface area contributed by atoms with Gasteiger partial charge in [0.05, 0.1) is 6.42 Å². The first-order valence-corrected chi connectivity index (χ1v) is 6.33. The zero-order valence-electron chi connectivity index (χ0n) is 9.26. The number of benzene rings is 1. The van der Waals surface area contributed by atoms with E-state index in [1.807, 2.05) is 0 Å². The lowest BCUT2D eigenvalue weighted by Crippen LogP contribution is -2.29. The van der Waals surface area contributed by atoms with Crippen LogP contribution < -0.4 is 10.5 Å². The number of sulfonamides is 1. The molecule has 0 fully saturated rings. The number of anilines is 1. The number of hydrogen-bond donors (Lipinski definition) is 2. The van der Waals surface area contributed by atoms with E-state index in [9.17, 15) is 30.4 Å². The third-order valence-electron chi connectivity index (χ3n) is 2.08. The van der Waals surface area contributed by atoms with Crippen molar-refractivity contribution in [1.29, 1.82) is 0 Å². The van der Waals surface area contributed by atoms with Crippen LogP contribution in [0.4, 0.5) is 27.6 Å². The Morgan fingerprint density at radius 1 is 1.21 bits per heavy atom. The maximum atomic E-state index is 13.4. The van der Waals surface area contributed by atoms with Gasteiger partial charge in [0.25, 0.3) is 0 Å². The fraction of sp³-hybridized carbons (Fsp3) is 0.333. The van der Waals surface area contributed by atoms with Crippen LogP contribution in [0.1, 0.15) is 6.42 Å². The van der Waals surface area contributed by atoms with E-state index in [4.69, 9.17) is 5.73 Å². The summed E-state index contributed by atoms with van der Waals surface area (Å²) in [7, 11) is -4.52. The molecule has 0 saturated heterocycles. The molecule has 10 heteroatoms. The average molecular weight is 304 g/mol. The zero-order chi connectivity index (χ0) is 14.8. The molecule has 4 nitrogen and oxygen atoms in total. The van der Waals surface area contributed by atoms with E-state index < -0.39 is 51.4 Å². The van der Waals surface area contributed by atoms with Crippen molar-refractivity contribution in [3.8, 4) is 0 Å². The van der Waals surface area contributed by atoms with Crippen molar-refractivity contribution in [2.45, 2.75) is 17.5 Å². The minimum atomic E-state index is -4.55. The third kappa shape index (κ3) is 4.03. The van der Waals surface area contributed by atoms with Crippen LogP contribution in [0.25, 0.3) is 0 Å². The molecule has 1 rings (SSSR count). The normalized spacial score (nSPS) is 12.7. The summed E-state index contributed by atoms with van der Waals surface area (Å²) in [5.74, 6) is -2.70. The first-order chi connectivity index (χ1) is 8.54. The first-order valence-electron chi connectivity index (χ1n) is 4.84. The molecule has 0 radical (unpaired) electrons. The molecule has 3 N–H and O–H groups in total. The molecule has 0 aliphatic carbocycles. The molecular formula is C9H9F5N2O2S. The van der Waals surface area contributed by atoms with E-state index in [-0.39, 0.29) is 0 Å². The molecule has 0 saturated carbocycles. The van der Waals surface area contributed by atoms with Gasteiger partial charge in [0.15, 0.2) is 5.82 Å². The summed E-state index contributed by atoms with van der Waals surface area (Å²) in [5, 5.41) is 0. The molecule has 0 aliphatic heterocycles. The van der Waals surface area contributed by atoms with Gasteiger partial charge in [0.2, 0.25) is 10.0 Å². The second-order valence-corrected chi connectivity index (χ2v) is 5.27. The minimum absolute atomic E-state index is 0.580. The van der Waals surface area contributed by atoms with Gasteiger partial charge in [-0.1, -0.05) is 0 Å². The number of nitrogen functional groups attached to an aromatic ring is 1. The molecule has 108 valence electrons. The molecule has 1 aromatic carbocycles. The fourth-order valence-corrected chi connectivity index (χ4v) is 2.28. The Balaban J connectivity index is 2.93. The molecule has 0 bridgehead atoms. The molecule has 0 atom stereocenters. The van der Waals surface area contributed by atoms with Gasteiger partial charge in [-0.05, 0) is 12.1 Å². The van der Waals surface area contributed by atoms with Gasteiger partial charge in [0.1, 0.15) is 16.4 Å². The largest absolute Gasteiger partial charge is 0.394 e. The van der Waals surface area contributed by atoms with Gasteiger partial charge < -0.3 is 5.73 Å². The average Bonchev–Trinajstić information content (AvgIpc) is 2.23. The highest BCUT2D eigenvalue weighted by molar-refractivity contribution is 7.89. The smallest absolute Gasteiger partial charge is 0.390 e. The Labute approximate surface area is 105 Å². The lowest BCUT2D eigenvalue weighted by molar-refractivity contribution is -0.132. The summed E-state index contributed by atoms with van der Waals surface area (Å²) in [5.41, 5.74) is 3.94. The van der Waals surface area contributed by atoms with E-state index in [1.54, 1.807) is 4.72 Å². The molecule has 0 aromatic heterocycles. The van der Waals surface area contributed by atoms with Crippen molar-refractivity contribution in [2.75, 3.05) is 12.3 Å². The molecule has 19 heavy (non-hydrogen) atoms. The van der Waals surface area contributed by atoms with E-state index in [2.05, 4.69) is 0 Å². The van der Waals surface area contributed by atoms with Gasteiger partial charge in [-0.2, -0.15) is 13.2 Å².